The maximum absolute atomic E-state index is 13.5. The summed E-state index contributed by atoms with van der Waals surface area (Å²) in [6.45, 7) is 1.85. The molecule has 94 valence electrons. The van der Waals surface area contributed by atoms with E-state index in [-0.39, 0.29) is 18.2 Å². The Bertz CT molecular complexity index is 570. The number of hydrogen-bond donors (Lipinski definition) is 0. The van der Waals surface area contributed by atoms with E-state index in [1.54, 1.807) is 25.1 Å². The van der Waals surface area contributed by atoms with Gasteiger partial charge in [0.05, 0.1) is 0 Å². The van der Waals surface area contributed by atoms with Crippen LogP contribution in [0.3, 0.4) is 0 Å². The molecule has 0 saturated heterocycles. The van der Waals surface area contributed by atoms with Crippen molar-refractivity contribution < 1.29 is 13.5 Å². The minimum atomic E-state index is -0.321. The van der Waals surface area contributed by atoms with E-state index in [0.717, 1.165) is 4.47 Å². The molecule has 0 aliphatic rings. The van der Waals surface area contributed by atoms with Gasteiger partial charge < -0.3 is 4.74 Å². The van der Waals surface area contributed by atoms with Crippen molar-refractivity contribution in [1.29, 1.82) is 0 Å². The second kappa shape index (κ2) is 5.48. The molecular formula is C14H11BrF2O. The van der Waals surface area contributed by atoms with E-state index < -0.39 is 0 Å². The molecule has 0 unspecified atom stereocenters. The Balaban J connectivity index is 2.13. The van der Waals surface area contributed by atoms with Crippen LogP contribution in [0.1, 0.15) is 11.1 Å². The van der Waals surface area contributed by atoms with Gasteiger partial charge in [0.1, 0.15) is 24.0 Å². The highest BCUT2D eigenvalue weighted by Crippen LogP contribution is 2.21. The van der Waals surface area contributed by atoms with Crippen molar-refractivity contribution >= 4 is 15.9 Å². The van der Waals surface area contributed by atoms with Gasteiger partial charge in [-0.05, 0) is 48.9 Å². The Labute approximate surface area is 113 Å². The number of ether oxygens (including phenoxy) is 1. The van der Waals surface area contributed by atoms with Crippen molar-refractivity contribution in [3.63, 3.8) is 0 Å². The zero-order valence-corrected chi connectivity index (χ0v) is 11.3. The van der Waals surface area contributed by atoms with Crippen LogP contribution in [0.25, 0.3) is 0 Å². The van der Waals surface area contributed by atoms with Crippen LogP contribution in [0.15, 0.2) is 40.9 Å². The smallest absolute Gasteiger partial charge is 0.129 e. The number of halogens is 3. The molecule has 0 aliphatic carbocycles. The SMILES string of the molecule is Cc1cc(F)ccc1OCc1cc(Br)ccc1F. The van der Waals surface area contributed by atoms with E-state index in [9.17, 15) is 8.78 Å². The van der Waals surface area contributed by atoms with Crippen molar-refractivity contribution in [1.82, 2.24) is 0 Å². The van der Waals surface area contributed by atoms with Gasteiger partial charge >= 0.3 is 0 Å². The number of benzene rings is 2. The number of hydrogen-bond acceptors (Lipinski definition) is 1. The summed E-state index contributed by atoms with van der Waals surface area (Å²) in [5, 5.41) is 0. The molecule has 1 nitrogen and oxygen atoms in total. The Kier molecular flexibility index (Phi) is 3.97. The fourth-order valence-electron chi connectivity index (χ4n) is 1.58. The molecule has 0 radical (unpaired) electrons. The summed E-state index contributed by atoms with van der Waals surface area (Å²) in [4.78, 5) is 0. The standard InChI is InChI=1S/C14H11BrF2O/c1-9-6-12(16)3-5-14(9)18-8-10-7-11(15)2-4-13(10)17/h2-7H,8H2,1H3. The zero-order chi connectivity index (χ0) is 13.1. The lowest BCUT2D eigenvalue weighted by atomic mass is 10.2. The molecule has 2 aromatic rings. The van der Waals surface area contributed by atoms with Crippen molar-refractivity contribution in [2.75, 3.05) is 0 Å². The van der Waals surface area contributed by atoms with Gasteiger partial charge in [0.2, 0.25) is 0 Å². The van der Waals surface area contributed by atoms with Crippen LogP contribution in [0.5, 0.6) is 5.75 Å². The van der Waals surface area contributed by atoms with Crippen LogP contribution in [0, 0.1) is 18.6 Å². The average molecular weight is 313 g/mol. The summed E-state index contributed by atoms with van der Waals surface area (Å²) < 4.78 is 32.7. The fourth-order valence-corrected chi connectivity index (χ4v) is 1.99. The molecule has 0 saturated carbocycles. The normalized spacial score (nSPS) is 10.4. The Morgan fingerprint density at radius 1 is 1.11 bits per heavy atom. The molecule has 0 heterocycles. The fraction of sp³-hybridized carbons (Fsp3) is 0.143. The molecule has 2 rings (SSSR count). The molecule has 0 atom stereocenters. The summed E-state index contributed by atoms with van der Waals surface area (Å²) in [7, 11) is 0. The third-order valence-corrected chi connectivity index (χ3v) is 3.02. The quantitative estimate of drug-likeness (QED) is 0.804. The summed E-state index contributed by atoms with van der Waals surface area (Å²) >= 11 is 3.27. The van der Waals surface area contributed by atoms with E-state index in [0.29, 0.717) is 16.9 Å². The summed E-state index contributed by atoms with van der Waals surface area (Å²) in [5.74, 6) is -0.0813. The highest BCUT2D eigenvalue weighted by molar-refractivity contribution is 9.10. The first-order valence-electron chi connectivity index (χ1n) is 5.39. The van der Waals surface area contributed by atoms with Crippen LogP contribution in [0.2, 0.25) is 0 Å². The van der Waals surface area contributed by atoms with Crippen molar-refractivity contribution in [3.05, 3.63) is 63.6 Å². The molecule has 0 amide bonds. The molecule has 18 heavy (non-hydrogen) atoms. The minimum absolute atomic E-state index is 0.109. The van der Waals surface area contributed by atoms with Crippen LogP contribution in [0.4, 0.5) is 8.78 Å². The average Bonchev–Trinajstić information content (AvgIpc) is 2.32. The molecule has 0 bridgehead atoms. The largest absolute Gasteiger partial charge is 0.489 e. The Morgan fingerprint density at radius 3 is 2.61 bits per heavy atom. The van der Waals surface area contributed by atoms with Crippen LogP contribution >= 0.6 is 15.9 Å². The maximum atomic E-state index is 13.5. The van der Waals surface area contributed by atoms with E-state index >= 15 is 0 Å². The van der Waals surface area contributed by atoms with Gasteiger partial charge in [0, 0.05) is 10.0 Å². The Morgan fingerprint density at radius 2 is 1.89 bits per heavy atom. The molecule has 0 N–H and O–H groups in total. The van der Waals surface area contributed by atoms with Gasteiger partial charge in [-0.2, -0.15) is 0 Å². The Hall–Kier alpha value is -1.42. The predicted molar refractivity (Wildman–Crippen MR) is 69.6 cm³/mol. The van der Waals surface area contributed by atoms with E-state index in [4.69, 9.17) is 4.74 Å². The third kappa shape index (κ3) is 3.07. The molecule has 4 heteroatoms. The van der Waals surface area contributed by atoms with Gasteiger partial charge in [-0.1, -0.05) is 15.9 Å². The summed E-state index contributed by atoms with van der Waals surface area (Å²) in [6, 6.07) is 8.91. The van der Waals surface area contributed by atoms with Crippen molar-refractivity contribution in [2.24, 2.45) is 0 Å². The lowest BCUT2D eigenvalue weighted by Crippen LogP contribution is -2.00. The van der Waals surface area contributed by atoms with Crippen LogP contribution in [-0.4, -0.2) is 0 Å². The van der Waals surface area contributed by atoms with Gasteiger partial charge in [-0.3, -0.25) is 0 Å². The van der Waals surface area contributed by atoms with E-state index in [1.807, 2.05) is 0 Å². The first-order valence-corrected chi connectivity index (χ1v) is 6.18. The van der Waals surface area contributed by atoms with Crippen molar-refractivity contribution in [2.45, 2.75) is 13.5 Å². The molecule has 0 aliphatic heterocycles. The lowest BCUT2D eigenvalue weighted by molar-refractivity contribution is 0.297. The highest BCUT2D eigenvalue weighted by atomic mass is 79.9. The molecular weight excluding hydrogens is 302 g/mol. The minimum Gasteiger partial charge on any atom is -0.489 e. The predicted octanol–water partition coefficient (Wildman–Crippen LogP) is 4.61. The van der Waals surface area contributed by atoms with Gasteiger partial charge in [0.25, 0.3) is 0 Å². The summed E-state index contributed by atoms with van der Waals surface area (Å²) in [5.41, 5.74) is 1.14. The molecule has 0 aromatic heterocycles. The van der Waals surface area contributed by atoms with Gasteiger partial charge in [-0.25, -0.2) is 8.78 Å². The third-order valence-electron chi connectivity index (χ3n) is 2.53. The summed E-state index contributed by atoms with van der Waals surface area (Å²) in [6.07, 6.45) is 0. The maximum Gasteiger partial charge on any atom is 0.129 e. The van der Waals surface area contributed by atoms with Crippen LogP contribution in [-0.2, 0) is 6.61 Å². The monoisotopic (exact) mass is 312 g/mol. The molecule has 2 aromatic carbocycles. The molecule has 0 spiro atoms. The topological polar surface area (TPSA) is 9.23 Å². The zero-order valence-electron chi connectivity index (χ0n) is 9.71. The first-order chi connectivity index (χ1) is 8.56. The second-order valence-corrected chi connectivity index (χ2v) is 4.85. The van der Waals surface area contributed by atoms with E-state index in [2.05, 4.69) is 15.9 Å². The number of rotatable bonds is 3. The van der Waals surface area contributed by atoms with E-state index in [1.165, 1.54) is 18.2 Å². The van der Waals surface area contributed by atoms with Crippen molar-refractivity contribution in [3.8, 4) is 5.75 Å². The van der Waals surface area contributed by atoms with Gasteiger partial charge in [0.15, 0.2) is 0 Å². The second-order valence-electron chi connectivity index (χ2n) is 3.93. The first kappa shape index (κ1) is 13.0. The number of aryl methyl sites for hydroxylation is 1. The highest BCUT2D eigenvalue weighted by Gasteiger charge is 2.06. The van der Waals surface area contributed by atoms with Gasteiger partial charge in [-0.15, -0.1) is 0 Å². The molecule has 0 fully saturated rings. The lowest BCUT2D eigenvalue weighted by Gasteiger charge is -2.10. The van der Waals surface area contributed by atoms with Crippen LogP contribution < -0.4 is 4.74 Å².